The van der Waals surface area contributed by atoms with Crippen molar-refractivity contribution < 1.29 is 59.5 Å². The number of aliphatic hydroxyl groups is 5. The molecule has 0 aliphatic carbocycles. The number of fused-ring (bicyclic) bond motifs is 1. The summed E-state index contributed by atoms with van der Waals surface area (Å²) in [5.41, 5.74) is 5.31. The highest BCUT2D eigenvalue weighted by Crippen LogP contribution is 2.42. The van der Waals surface area contributed by atoms with Gasteiger partial charge < -0.3 is 55.7 Å². The van der Waals surface area contributed by atoms with Crippen molar-refractivity contribution in [3.63, 3.8) is 0 Å². The predicted molar refractivity (Wildman–Crippen MR) is 204 cm³/mol. The third-order valence-electron chi connectivity index (χ3n) is 10.3. The number of hydrogen-bond acceptors (Lipinski definition) is 13. The second-order valence-electron chi connectivity index (χ2n) is 14.1. The lowest BCUT2D eigenvalue weighted by Gasteiger charge is -2.48. The minimum Gasteiger partial charge on any atom is -0.508 e. The first-order valence-corrected chi connectivity index (χ1v) is 18.1. The van der Waals surface area contributed by atoms with E-state index in [1.807, 2.05) is 49.4 Å². The maximum atomic E-state index is 12.5. The number of carboxylic acids is 1. The Morgan fingerprint density at radius 3 is 2.48 bits per heavy atom. The van der Waals surface area contributed by atoms with Crippen LogP contribution in [0.4, 0.5) is 0 Å². The minimum absolute atomic E-state index is 0.0376. The molecule has 1 saturated heterocycles. The first-order valence-electron chi connectivity index (χ1n) is 18.1. The number of carboxylic acid groups (broad SMARTS) is 1. The van der Waals surface area contributed by atoms with Gasteiger partial charge in [0, 0.05) is 18.8 Å². The van der Waals surface area contributed by atoms with E-state index < -0.39 is 54.4 Å². The number of carbonyl (C=O) groups is 2. The van der Waals surface area contributed by atoms with Crippen molar-refractivity contribution in [2.24, 2.45) is 22.6 Å². The summed E-state index contributed by atoms with van der Waals surface area (Å²) in [7, 11) is 0. The summed E-state index contributed by atoms with van der Waals surface area (Å²) in [6.07, 6.45) is -3.11. The molecule has 1 amide bonds. The molecule has 3 heterocycles. The van der Waals surface area contributed by atoms with E-state index in [4.69, 9.17) is 19.9 Å². The molecule has 296 valence electrons. The molecule has 9 unspecified atom stereocenters. The lowest BCUT2D eigenvalue weighted by Crippen LogP contribution is -2.75. The quantitative estimate of drug-likeness (QED) is 0.101. The molecule has 3 aromatic carbocycles. The lowest BCUT2D eigenvalue weighted by atomic mass is 9.83. The molecule has 3 aliphatic rings. The monoisotopic (exact) mass is 771 g/mol. The molecule has 10 N–H and O–H groups in total. The number of amides is 1. The fraction of sp³-hybridized carbons (Fsp3) is 0.341. The van der Waals surface area contributed by atoms with Gasteiger partial charge in [0.1, 0.15) is 41.4 Å². The van der Waals surface area contributed by atoms with E-state index in [2.05, 4.69) is 16.4 Å². The molecule has 6 rings (SSSR count). The molecule has 56 heavy (non-hydrogen) atoms. The van der Waals surface area contributed by atoms with E-state index in [0.29, 0.717) is 24.9 Å². The number of rotatable bonds is 15. The van der Waals surface area contributed by atoms with Crippen LogP contribution in [-0.2, 0) is 14.3 Å². The van der Waals surface area contributed by atoms with Crippen LogP contribution in [0.3, 0.4) is 0 Å². The number of nitrogens with one attached hydrogen (secondary N) is 1. The van der Waals surface area contributed by atoms with E-state index in [9.17, 15) is 45.3 Å². The van der Waals surface area contributed by atoms with Crippen LogP contribution in [0.25, 0.3) is 17.4 Å². The van der Waals surface area contributed by atoms with Crippen molar-refractivity contribution in [3.8, 4) is 17.2 Å². The Morgan fingerprint density at radius 1 is 1.09 bits per heavy atom. The molecule has 3 aromatic rings. The number of nitrogens with two attached hydrogens (primary N) is 1. The molecular weight excluding hydrogens is 726 g/mol. The van der Waals surface area contributed by atoms with Gasteiger partial charge in [-0.2, -0.15) is 0 Å². The number of allylic oxidation sites excluding steroid dienone is 2. The Balaban J connectivity index is 1.25. The Hall–Kier alpha value is -5.55. The molecule has 0 saturated carbocycles. The van der Waals surface area contributed by atoms with Gasteiger partial charge in [-0.15, -0.1) is 0 Å². The van der Waals surface area contributed by atoms with Crippen molar-refractivity contribution in [1.29, 1.82) is 0 Å². The van der Waals surface area contributed by atoms with E-state index in [1.54, 1.807) is 6.21 Å². The third-order valence-corrected chi connectivity index (χ3v) is 10.3. The summed E-state index contributed by atoms with van der Waals surface area (Å²) < 4.78 is 17.3. The average molecular weight is 772 g/mol. The zero-order chi connectivity index (χ0) is 40.1. The highest BCUT2D eigenvalue weighted by Gasteiger charge is 2.62. The number of phenolic OH excluding ortho intramolecular Hbond substituents is 1. The normalized spacial score (nSPS) is 26.2. The van der Waals surface area contributed by atoms with Crippen LogP contribution in [0.2, 0.25) is 0 Å². The Kier molecular flexibility index (Phi) is 12.2. The second kappa shape index (κ2) is 17.1. The van der Waals surface area contributed by atoms with Crippen molar-refractivity contribution in [2.75, 3.05) is 13.1 Å². The number of primary amides is 1. The van der Waals surface area contributed by atoms with Crippen LogP contribution < -0.4 is 20.5 Å². The predicted octanol–water partition coefficient (Wildman–Crippen LogP) is 2.37. The van der Waals surface area contributed by atoms with Crippen LogP contribution in [0, 0.1) is 11.8 Å². The Morgan fingerprint density at radius 2 is 1.82 bits per heavy atom. The number of benzene rings is 3. The second-order valence-corrected chi connectivity index (χ2v) is 14.1. The number of phenols is 1. The molecule has 3 aliphatic heterocycles. The van der Waals surface area contributed by atoms with Gasteiger partial charge in [-0.05, 0) is 65.6 Å². The van der Waals surface area contributed by atoms with E-state index in [-0.39, 0.29) is 52.5 Å². The van der Waals surface area contributed by atoms with Gasteiger partial charge in [-0.1, -0.05) is 67.6 Å². The van der Waals surface area contributed by atoms with E-state index >= 15 is 0 Å². The first-order chi connectivity index (χ1) is 26.8. The topological polar surface area (TPSA) is 254 Å². The maximum Gasteiger partial charge on any atom is 0.335 e. The fourth-order valence-corrected chi connectivity index (χ4v) is 7.00. The number of carbonyl (C=O) groups excluding carboxylic acids is 1. The molecule has 15 nitrogen and oxygen atoms in total. The van der Waals surface area contributed by atoms with Crippen molar-refractivity contribution in [2.45, 2.75) is 62.3 Å². The number of aromatic hydroxyl groups is 1. The van der Waals surface area contributed by atoms with E-state index in [0.717, 1.165) is 11.1 Å². The zero-order valence-corrected chi connectivity index (χ0v) is 30.4. The minimum atomic E-state index is -2.86. The maximum absolute atomic E-state index is 12.5. The number of ether oxygens (including phenoxy) is 3. The smallest absolute Gasteiger partial charge is 0.335 e. The Bertz CT molecular complexity index is 2020. The van der Waals surface area contributed by atoms with Crippen molar-refractivity contribution in [3.05, 3.63) is 107 Å². The Labute approximate surface area is 322 Å². The molecule has 9 atom stereocenters. The number of aliphatic hydroxyl groups excluding tert-OH is 4. The van der Waals surface area contributed by atoms with Gasteiger partial charge in [0.2, 0.25) is 12.4 Å². The first kappa shape index (κ1) is 40.1. The summed E-state index contributed by atoms with van der Waals surface area (Å²) in [6.45, 7) is 2.70. The molecule has 0 aromatic heterocycles. The molecule has 1 fully saturated rings. The van der Waals surface area contributed by atoms with Crippen molar-refractivity contribution in [1.82, 2.24) is 5.32 Å². The molecule has 0 radical (unpaired) electrons. The van der Waals surface area contributed by atoms with Gasteiger partial charge in [-0.3, -0.25) is 15.1 Å². The highest BCUT2D eigenvalue weighted by molar-refractivity contribution is 6.03. The average Bonchev–Trinajstić information content (AvgIpc) is 3.70. The number of aliphatic carboxylic acids is 1. The zero-order valence-electron chi connectivity index (χ0n) is 30.4. The molecule has 0 bridgehead atoms. The summed E-state index contributed by atoms with van der Waals surface area (Å²) in [4.78, 5) is 28.9. The van der Waals surface area contributed by atoms with Gasteiger partial charge >= 0.3 is 5.97 Å². The molecular formula is C41H45N3O12. The summed E-state index contributed by atoms with van der Waals surface area (Å²) in [6, 6.07) is 19.3. The van der Waals surface area contributed by atoms with Gasteiger partial charge in [0.25, 0.3) is 5.91 Å². The SMILES string of the molecule is CC(CC=Cc1ccccc1)C(CNC(O)C1(O)C(Oc2ccc3c(c2)OC(C(N)=O)C(c2ccc(O)cc2)=C3O)OC(C(=O)O)C(O)C1O)CC1=CCN=C1. The summed E-state index contributed by atoms with van der Waals surface area (Å²) >= 11 is 0. The van der Waals surface area contributed by atoms with Gasteiger partial charge in [0.15, 0.2) is 11.7 Å². The third kappa shape index (κ3) is 8.48. The highest BCUT2D eigenvalue weighted by atomic mass is 16.7. The van der Waals surface area contributed by atoms with E-state index in [1.165, 1.54) is 42.5 Å². The number of aliphatic imine (C=N–C) groups is 1. The number of hydrogen-bond donors (Lipinski definition) is 9. The van der Waals surface area contributed by atoms with Crippen LogP contribution in [-0.4, -0.2) is 109 Å². The summed E-state index contributed by atoms with van der Waals surface area (Å²) in [5.74, 6) is -3.38. The van der Waals surface area contributed by atoms with Gasteiger partial charge in [-0.25, -0.2) is 4.79 Å². The lowest BCUT2D eigenvalue weighted by molar-refractivity contribution is -0.338. The fourth-order valence-electron chi connectivity index (χ4n) is 7.00. The van der Waals surface area contributed by atoms with Crippen LogP contribution in [0.15, 0.2) is 95.5 Å². The van der Waals surface area contributed by atoms with Crippen molar-refractivity contribution >= 4 is 35.5 Å². The molecule has 0 spiro atoms. The van der Waals surface area contributed by atoms with Gasteiger partial charge in [0.05, 0.1) is 17.7 Å². The van der Waals surface area contributed by atoms with Crippen LogP contribution in [0.1, 0.15) is 36.5 Å². The number of nitrogens with zero attached hydrogens (tertiary/aromatic N) is 1. The molecule has 15 heteroatoms. The standard InChI is InChI=1S/C41H45N3O12/c1-22(6-5-9-23-7-3-2-4-8-23)26(18-24-16-17-43-20-24)21-44-39(52)41(53)36(48)33(47)35(38(50)51)56-40(41)54-28-14-15-29-30(19-28)55-34(37(42)49)31(32(29)46)25-10-12-27(45)13-11-25/h2-5,7-16,19-20,22,26,33-36,39-40,44-48,52-53H,6,17-18,21H2,1H3,(H2,42,49)(H,50,51). The summed E-state index contributed by atoms with van der Waals surface area (Å²) in [5, 5.41) is 79.2. The van der Waals surface area contributed by atoms with Crippen LogP contribution in [0.5, 0.6) is 17.2 Å². The largest absolute Gasteiger partial charge is 0.508 e. The van der Waals surface area contributed by atoms with Crippen LogP contribution >= 0.6 is 0 Å².